The van der Waals surface area contributed by atoms with Crippen LogP contribution in [0.2, 0.25) is 0 Å². The molecule has 1 aliphatic heterocycles. The van der Waals surface area contributed by atoms with Crippen molar-refractivity contribution in [3.05, 3.63) is 41.6 Å². The molecule has 0 fully saturated rings. The Morgan fingerprint density at radius 3 is 3.08 bits per heavy atom. The van der Waals surface area contributed by atoms with Crippen LogP contribution in [0.3, 0.4) is 0 Å². The van der Waals surface area contributed by atoms with E-state index in [-0.39, 0.29) is 0 Å². The molecule has 0 saturated carbocycles. The lowest BCUT2D eigenvalue weighted by Gasteiger charge is -1.97. The molecule has 2 nitrogen and oxygen atoms in total. The SMILES string of the molecule is C=C1Cc2cc(C=O)ccc2N1. The van der Waals surface area contributed by atoms with E-state index in [1.165, 1.54) is 0 Å². The monoisotopic (exact) mass is 159 g/mol. The molecule has 0 aliphatic carbocycles. The highest BCUT2D eigenvalue weighted by Crippen LogP contribution is 2.27. The fourth-order valence-corrected chi connectivity index (χ4v) is 1.42. The van der Waals surface area contributed by atoms with E-state index in [0.717, 1.165) is 35.2 Å². The number of rotatable bonds is 1. The number of carbonyl (C=O) groups excluding carboxylic acids is 1. The van der Waals surface area contributed by atoms with Gasteiger partial charge < -0.3 is 5.32 Å². The van der Waals surface area contributed by atoms with E-state index in [2.05, 4.69) is 11.9 Å². The Bertz CT molecular complexity index is 355. The number of carbonyl (C=O) groups is 1. The van der Waals surface area contributed by atoms with Gasteiger partial charge in [-0.05, 0) is 23.8 Å². The van der Waals surface area contributed by atoms with Crippen LogP contribution in [0.25, 0.3) is 0 Å². The van der Waals surface area contributed by atoms with Crippen LogP contribution in [0.5, 0.6) is 0 Å². The zero-order valence-corrected chi connectivity index (χ0v) is 6.63. The summed E-state index contributed by atoms with van der Waals surface area (Å²) in [5, 5.41) is 3.14. The highest BCUT2D eigenvalue weighted by Gasteiger charge is 2.12. The lowest BCUT2D eigenvalue weighted by Crippen LogP contribution is -1.87. The average Bonchev–Trinajstić information content (AvgIpc) is 2.43. The molecule has 0 amide bonds. The Morgan fingerprint density at radius 1 is 1.50 bits per heavy atom. The minimum Gasteiger partial charge on any atom is -0.359 e. The second-order valence-corrected chi connectivity index (χ2v) is 2.94. The summed E-state index contributed by atoms with van der Waals surface area (Å²) in [5.41, 5.74) is 3.95. The first-order valence-electron chi connectivity index (χ1n) is 3.82. The summed E-state index contributed by atoms with van der Waals surface area (Å²) in [6.07, 6.45) is 1.69. The van der Waals surface area contributed by atoms with Crippen molar-refractivity contribution in [2.75, 3.05) is 5.32 Å². The maximum atomic E-state index is 10.4. The van der Waals surface area contributed by atoms with Crippen molar-refractivity contribution >= 4 is 12.0 Å². The summed E-state index contributed by atoms with van der Waals surface area (Å²) < 4.78 is 0. The largest absolute Gasteiger partial charge is 0.359 e. The molecule has 1 N–H and O–H groups in total. The zero-order chi connectivity index (χ0) is 8.55. The maximum absolute atomic E-state index is 10.4. The Hall–Kier alpha value is -1.57. The summed E-state index contributed by atoms with van der Waals surface area (Å²) in [7, 11) is 0. The van der Waals surface area contributed by atoms with Gasteiger partial charge in [0.15, 0.2) is 0 Å². The Morgan fingerprint density at radius 2 is 2.33 bits per heavy atom. The molecule has 1 heterocycles. The van der Waals surface area contributed by atoms with Crippen molar-refractivity contribution < 1.29 is 4.79 Å². The number of allylic oxidation sites excluding steroid dienone is 1. The molecule has 1 aromatic rings. The molecule has 0 bridgehead atoms. The summed E-state index contributed by atoms with van der Waals surface area (Å²) >= 11 is 0. The molecule has 0 radical (unpaired) electrons. The number of hydrogen-bond acceptors (Lipinski definition) is 2. The number of hydrogen-bond donors (Lipinski definition) is 1. The Labute approximate surface area is 70.9 Å². The molecular formula is C10H9NO. The first-order valence-corrected chi connectivity index (χ1v) is 3.82. The standard InChI is InChI=1S/C10H9NO/c1-7-4-9-5-8(6-12)2-3-10(9)11-7/h2-3,5-6,11H,1,4H2. The van der Waals surface area contributed by atoms with Crippen LogP contribution in [0, 0.1) is 0 Å². The second-order valence-electron chi connectivity index (χ2n) is 2.94. The van der Waals surface area contributed by atoms with Gasteiger partial charge in [0.2, 0.25) is 0 Å². The van der Waals surface area contributed by atoms with Crippen molar-refractivity contribution in [2.24, 2.45) is 0 Å². The van der Waals surface area contributed by atoms with Crippen LogP contribution in [0.15, 0.2) is 30.5 Å². The molecule has 0 atom stereocenters. The van der Waals surface area contributed by atoms with E-state index in [0.29, 0.717) is 0 Å². The van der Waals surface area contributed by atoms with Crippen LogP contribution in [-0.2, 0) is 6.42 Å². The molecule has 1 aromatic carbocycles. The van der Waals surface area contributed by atoms with Gasteiger partial charge in [0.05, 0.1) is 0 Å². The number of aldehydes is 1. The first-order chi connectivity index (χ1) is 5.79. The molecule has 12 heavy (non-hydrogen) atoms. The normalized spacial score (nSPS) is 13.8. The minimum absolute atomic E-state index is 0.727. The van der Waals surface area contributed by atoms with Gasteiger partial charge in [0.1, 0.15) is 6.29 Å². The van der Waals surface area contributed by atoms with Gasteiger partial charge >= 0.3 is 0 Å². The molecule has 2 heteroatoms. The van der Waals surface area contributed by atoms with Gasteiger partial charge in [-0.2, -0.15) is 0 Å². The van der Waals surface area contributed by atoms with Gasteiger partial charge in [0, 0.05) is 23.4 Å². The Balaban J connectivity index is 2.48. The highest BCUT2D eigenvalue weighted by atomic mass is 16.1. The van der Waals surface area contributed by atoms with E-state index in [4.69, 9.17) is 0 Å². The van der Waals surface area contributed by atoms with Crippen LogP contribution in [0.1, 0.15) is 15.9 Å². The topological polar surface area (TPSA) is 29.1 Å². The van der Waals surface area contributed by atoms with E-state index in [9.17, 15) is 4.79 Å². The maximum Gasteiger partial charge on any atom is 0.150 e. The molecular weight excluding hydrogens is 150 g/mol. The van der Waals surface area contributed by atoms with Crippen molar-refractivity contribution in [2.45, 2.75) is 6.42 Å². The van der Waals surface area contributed by atoms with Gasteiger partial charge in [-0.1, -0.05) is 6.58 Å². The Kier molecular flexibility index (Phi) is 1.47. The molecule has 1 aliphatic rings. The van der Waals surface area contributed by atoms with Crippen molar-refractivity contribution in [3.63, 3.8) is 0 Å². The molecule has 0 saturated heterocycles. The first kappa shape index (κ1) is 7.10. The van der Waals surface area contributed by atoms with Gasteiger partial charge in [-0.15, -0.1) is 0 Å². The van der Waals surface area contributed by atoms with Crippen molar-refractivity contribution in [3.8, 4) is 0 Å². The van der Waals surface area contributed by atoms with Crippen LogP contribution in [-0.4, -0.2) is 6.29 Å². The van der Waals surface area contributed by atoms with Crippen molar-refractivity contribution in [1.29, 1.82) is 0 Å². The lowest BCUT2D eigenvalue weighted by molar-refractivity contribution is 0.112. The molecule has 0 unspecified atom stereocenters. The molecule has 60 valence electrons. The van der Waals surface area contributed by atoms with Gasteiger partial charge in [-0.25, -0.2) is 0 Å². The van der Waals surface area contributed by atoms with Gasteiger partial charge in [-0.3, -0.25) is 4.79 Å². The molecule has 2 rings (SSSR count). The summed E-state index contributed by atoms with van der Waals surface area (Å²) in [6.45, 7) is 3.82. The lowest BCUT2D eigenvalue weighted by atomic mass is 10.1. The predicted molar refractivity (Wildman–Crippen MR) is 48.3 cm³/mol. The summed E-state index contributed by atoms with van der Waals surface area (Å²) in [6, 6.07) is 5.61. The summed E-state index contributed by atoms with van der Waals surface area (Å²) in [4.78, 5) is 10.4. The predicted octanol–water partition coefficient (Wildman–Crippen LogP) is 1.98. The summed E-state index contributed by atoms with van der Waals surface area (Å²) in [5.74, 6) is 0. The second kappa shape index (κ2) is 2.48. The third-order valence-corrected chi connectivity index (χ3v) is 1.98. The fraction of sp³-hybridized carbons (Fsp3) is 0.100. The highest BCUT2D eigenvalue weighted by molar-refractivity contribution is 5.78. The van der Waals surface area contributed by atoms with Crippen molar-refractivity contribution in [1.82, 2.24) is 0 Å². The van der Waals surface area contributed by atoms with Crippen LogP contribution in [0.4, 0.5) is 5.69 Å². The quantitative estimate of drug-likeness (QED) is 0.635. The van der Waals surface area contributed by atoms with Gasteiger partial charge in [0.25, 0.3) is 0 Å². The van der Waals surface area contributed by atoms with E-state index >= 15 is 0 Å². The molecule has 0 aromatic heterocycles. The third-order valence-electron chi connectivity index (χ3n) is 1.98. The zero-order valence-electron chi connectivity index (χ0n) is 6.63. The van der Waals surface area contributed by atoms with Crippen LogP contribution < -0.4 is 5.32 Å². The average molecular weight is 159 g/mol. The number of fused-ring (bicyclic) bond motifs is 1. The van der Waals surface area contributed by atoms with E-state index in [1.54, 1.807) is 6.07 Å². The number of benzene rings is 1. The van der Waals surface area contributed by atoms with E-state index in [1.807, 2.05) is 12.1 Å². The number of anilines is 1. The minimum atomic E-state index is 0.727. The molecule has 0 spiro atoms. The van der Waals surface area contributed by atoms with Crippen LogP contribution >= 0.6 is 0 Å². The number of nitrogens with one attached hydrogen (secondary N) is 1. The third kappa shape index (κ3) is 1.01. The smallest absolute Gasteiger partial charge is 0.150 e. The fourth-order valence-electron chi connectivity index (χ4n) is 1.42. The van der Waals surface area contributed by atoms with E-state index < -0.39 is 0 Å².